The molecule has 2 amide bonds. The van der Waals surface area contributed by atoms with Crippen LogP contribution in [0.4, 0.5) is 0 Å². The number of fused-ring (bicyclic) bond motifs is 4. The van der Waals surface area contributed by atoms with Crippen LogP contribution in [0.3, 0.4) is 0 Å². The van der Waals surface area contributed by atoms with Crippen molar-refractivity contribution in [2.24, 2.45) is 5.92 Å². The van der Waals surface area contributed by atoms with E-state index in [0.717, 1.165) is 12.8 Å². The molecule has 2 bridgehead atoms. The Balaban J connectivity index is 1.75. The molecule has 1 N–H and O–H groups in total. The molecule has 3 aliphatic heterocycles. The number of hydrogen-bond donors (Lipinski definition) is 1. The third-order valence-corrected chi connectivity index (χ3v) is 4.43. The number of rotatable bonds is 3. The van der Waals surface area contributed by atoms with Crippen LogP contribution in [-0.4, -0.2) is 69.0 Å². The summed E-state index contributed by atoms with van der Waals surface area (Å²) in [7, 11) is 0. The van der Waals surface area contributed by atoms with Gasteiger partial charge in [0, 0.05) is 44.5 Å². The predicted octanol–water partition coefficient (Wildman–Crippen LogP) is -0.0780. The van der Waals surface area contributed by atoms with Gasteiger partial charge >= 0.3 is 0 Å². The van der Waals surface area contributed by atoms with Gasteiger partial charge in [-0.3, -0.25) is 14.6 Å². The average Bonchev–Trinajstić information content (AvgIpc) is 2.87. The van der Waals surface area contributed by atoms with Crippen LogP contribution in [0, 0.1) is 5.92 Å². The van der Waals surface area contributed by atoms with E-state index < -0.39 is 0 Å². The van der Waals surface area contributed by atoms with Crippen molar-refractivity contribution in [3.63, 3.8) is 0 Å². The molecule has 118 valence electrons. The third-order valence-electron chi connectivity index (χ3n) is 4.43. The largest absolute Gasteiger partial charge is 0.396 e. The molecule has 1 aromatic rings. The molecule has 0 saturated carbocycles. The van der Waals surface area contributed by atoms with E-state index in [1.165, 1.54) is 18.6 Å². The molecule has 0 aromatic carbocycles. The number of aliphatic hydroxyl groups excluding tert-OH is 1. The van der Waals surface area contributed by atoms with Crippen molar-refractivity contribution in [1.29, 1.82) is 0 Å². The lowest BCUT2D eigenvalue weighted by atomic mass is 9.95. The number of nitrogens with zero attached hydrogens (tertiary/aromatic N) is 4. The van der Waals surface area contributed by atoms with Gasteiger partial charge in [0.25, 0.3) is 5.91 Å². The van der Waals surface area contributed by atoms with Crippen LogP contribution in [0.2, 0.25) is 0 Å². The highest BCUT2D eigenvalue weighted by Crippen LogP contribution is 2.29. The fraction of sp³-hybridized carbons (Fsp3) is 0.600. The summed E-state index contributed by atoms with van der Waals surface area (Å²) in [4.78, 5) is 36.3. The summed E-state index contributed by atoms with van der Waals surface area (Å²) >= 11 is 0. The van der Waals surface area contributed by atoms with Crippen LogP contribution in [0.5, 0.6) is 0 Å². The Kier molecular flexibility index (Phi) is 4.33. The Morgan fingerprint density at radius 3 is 2.82 bits per heavy atom. The summed E-state index contributed by atoms with van der Waals surface area (Å²) in [5.41, 5.74) is 0.344. The van der Waals surface area contributed by atoms with Crippen LogP contribution in [0.1, 0.15) is 29.8 Å². The van der Waals surface area contributed by atoms with E-state index in [0.29, 0.717) is 31.2 Å². The average molecular weight is 304 g/mol. The van der Waals surface area contributed by atoms with Crippen molar-refractivity contribution in [1.82, 2.24) is 19.8 Å². The monoisotopic (exact) mass is 304 g/mol. The van der Waals surface area contributed by atoms with Crippen molar-refractivity contribution in [2.45, 2.75) is 25.3 Å². The molecule has 7 nitrogen and oxygen atoms in total. The fourth-order valence-electron chi connectivity index (χ4n) is 3.36. The van der Waals surface area contributed by atoms with Gasteiger partial charge in [-0.05, 0) is 18.8 Å². The minimum absolute atomic E-state index is 0.0222. The lowest BCUT2D eigenvalue weighted by molar-refractivity contribution is -0.135. The maximum atomic E-state index is 12.6. The van der Waals surface area contributed by atoms with Crippen LogP contribution < -0.4 is 0 Å². The second kappa shape index (κ2) is 6.39. The van der Waals surface area contributed by atoms with Gasteiger partial charge in [-0.25, -0.2) is 4.98 Å². The highest BCUT2D eigenvalue weighted by Gasteiger charge is 2.38. The second-order valence-electron chi connectivity index (χ2n) is 5.92. The molecule has 3 saturated heterocycles. The smallest absolute Gasteiger partial charge is 0.274 e. The molecule has 1 aromatic heterocycles. The molecule has 0 radical (unpaired) electrons. The third kappa shape index (κ3) is 2.94. The first-order chi connectivity index (χ1) is 10.7. The standard InChI is InChI=1S/C15H20N4O3/c20-6-3-14(21)19-9-11-1-2-12(19)10-18(8-11)15(22)13-7-16-4-5-17-13/h4-5,7,11-12,20H,1-3,6,8-10H2/t11-,12+/m0/s1. The SMILES string of the molecule is O=C(c1cnccn1)N1C[C@@H]2CC[C@H](C1)N(C(=O)CCO)C2. The molecular formula is C15H20N4O3. The molecule has 0 aliphatic carbocycles. The van der Waals surface area contributed by atoms with Gasteiger partial charge in [0.15, 0.2) is 0 Å². The predicted molar refractivity (Wildman–Crippen MR) is 77.9 cm³/mol. The van der Waals surface area contributed by atoms with Crippen molar-refractivity contribution in [2.75, 3.05) is 26.2 Å². The van der Waals surface area contributed by atoms with Crippen molar-refractivity contribution in [3.8, 4) is 0 Å². The maximum absolute atomic E-state index is 12.6. The number of aromatic nitrogens is 2. The molecule has 0 spiro atoms. The number of hydrogen-bond acceptors (Lipinski definition) is 5. The summed E-state index contributed by atoms with van der Waals surface area (Å²) in [5.74, 6) is 0.148. The highest BCUT2D eigenvalue weighted by atomic mass is 16.3. The Bertz CT molecular complexity index is 551. The summed E-state index contributed by atoms with van der Waals surface area (Å²) in [6.45, 7) is 1.72. The van der Waals surface area contributed by atoms with Crippen LogP contribution >= 0.6 is 0 Å². The van der Waals surface area contributed by atoms with Gasteiger partial charge in [-0.1, -0.05) is 0 Å². The Morgan fingerprint density at radius 1 is 1.23 bits per heavy atom. The van der Waals surface area contributed by atoms with Crippen molar-refractivity contribution >= 4 is 11.8 Å². The lowest BCUT2D eigenvalue weighted by Gasteiger charge is -2.36. The zero-order valence-electron chi connectivity index (χ0n) is 12.4. The number of carbonyl (C=O) groups excluding carboxylic acids is 2. The summed E-state index contributed by atoms with van der Waals surface area (Å²) in [6.07, 6.45) is 6.62. The lowest BCUT2D eigenvalue weighted by Crippen LogP contribution is -2.47. The maximum Gasteiger partial charge on any atom is 0.274 e. The molecule has 3 fully saturated rings. The molecule has 7 heteroatoms. The van der Waals surface area contributed by atoms with E-state index in [-0.39, 0.29) is 30.9 Å². The first-order valence-electron chi connectivity index (χ1n) is 7.64. The minimum atomic E-state index is -0.130. The van der Waals surface area contributed by atoms with E-state index in [9.17, 15) is 9.59 Å². The first-order valence-corrected chi connectivity index (χ1v) is 7.64. The van der Waals surface area contributed by atoms with Crippen molar-refractivity contribution < 1.29 is 14.7 Å². The van der Waals surface area contributed by atoms with E-state index in [1.807, 2.05) is 4.90 Å². The molecule has 0 unspecified atom stereocenters. The van der Waals surface area contributed by atoms with Crippen LogP contribution in [0.25, 0.3) is 0 Å². The molecule has 4 heterocycles. The van der Waals surface area contributed by atoms with Gasteiger partial charge in [-0.15, -0.1) is 0 Å². The minimum Gasteiger partial charge on any atom is -0.396 e. The van der Waals surface area contributed by atoms with E-state index >= 15 is 0 Å². The first kappa shape index (κ1) is 14.9. The summed E-state index contributed by atoms with van der Waals surface area (Å²) < 4.78 is 0. The Labute approximate surface area is 129 Å². The van der Waals surface area contributed by atoms with Gasteiger partial charge < -0.3 is 14.9 Å². The number of piperidine rings is 1. The van der Waals surface area contributed by atoms with Crippen molar-refractivity contribution in [3.05, 3.63) is 24.3 Å². The van der Waals surface area contributed by atoms with Gasteiger partial charge in [0.1, 0.15) is 5.69 Å². The Hall–Kier alpha value is -2.02. The number of aliphatic hydroxyl groups is 1. The quantitative estimate of drug-likeness (QED) is 0.844. The van der Waals surface area contributed by atoms with Gasteiger partial charge in [0.05, 0.1) is 12.8 Å². The summed E-state index contributed by atoms with van der Waals surface area (Å²) in [6, 6.07) is 0.0402. The topological polar surface area (TPSA) is 86.6 Å². The highest BCUT2D eigenvalue weighted by molar-refractivity contribution is 5.92. The Morgan fingerprint density at radius 2 is 2.09 bits per heavy atom. The normalized spacial score (nSPS) is 24.2. The second-order valence-corrected chi connectivity index (χ2v) is 5.92. The zero-order chi connectivity index (χ0) is 15.5. The van der Waals surface area contributed by atoms with E-state index in [1.54, 1.807) is 4.90 Å². The molecular weight excluding hydrogens is 284 g/mol. The van der Waals surface area contributed by atoms with E-state index in [4.69, 9.17) is 5.11 Å². The zero-order valence-corrected chi connectivity index (χ0v) is 12.4. The summed E-state index contributed by atoms with van der Waals surface area (Å²) in [5, 5.41) is 8.97. The number of carbonyl (C=O) groups is 2. The molecule has 2 atom stereocenters. The molecule has 3 aliphatic rings. The van der Waals surface area contributed by atoms with Crippen LogP contribution in [0.15, 0.2) is 18.6 Å². The van der Waals surface area contributed by atoms with E-state index in [2.05, 4.69) is 9.97 Å². The van der Waals surface area contributed by atoms with Crippen LogP contribution in [-0.2, 0) is 4.79 Å². The molecule has 4 rings (SSSR count). The number of amides is 2. The fourth-order valence-corrected chi connectivity index (χ4v) is 3.36. The van der Waals surface area contributed by atoms with Gasteiger partial charge in [0.2, 0.25) is 5.91 Å². The molecule has 22 heavy (non-hydrogen) atoms. The van der Waals surface area contributed by atoms with Gasteiger partial charge in [-0.2, -0.15) is 0 Å².